The van der Waals surface area contributed by atoms with Crippen LogP contribution >= 0.6 is 0 Å². The summed E-state index contributed by atoms with van der Waals surface area (Å²) in [4.78, 5) is 0. The summed E-state index contributed by atoms with van der Waals surface area (Å²) in [7, 11) is 0. The van der Waals surface area contributed by atoms with E-state index in [9.17, 15) is 4.39 Å². The van der Waals surface area contributed by atoms with Crippen LogP contribution in [0.1, 0.15) is 57.4 Å². The van der Waals surface area contributed by atoms with Crippen LogP contribution in [0.15, 0.2) is 12.1 Å². The number of nitrogens with two attached hydrogens (primary N) is 1. The van der Waals surface area contributed by atoms with Crippen LogP contribution < -0.4 is 11.1 Å². The molecule has 0 aromatic heterocycles. The minimum absolute atomic E-state index is 0.0322. The number of anilines is 1. The van der Waals surface area contributed by atoms with Gasteiger partial charge in [0, 0.05) is 11.7 Å². The fourth-order valence-electron chi connectivity index (χ4n) is 2.99. The highest BCUT2D eigenvalue weighted by Gasteiger charge is 2.39. The van der Waals surface area contributed by atoms with Gasteiger partial charge in [-0.05, 0) is 54.9 Å². The summed E-state index contributed by atoms with van der Waals surface area (Å²) in [6.07, 6.45) is 1.96. The Hall–Kier alpha value is -1.09. The zero-order valence-electron chi connectivity index (χ0n) is 12.6. The Morgan fingerprint density at radius 2 is 2.05 bits per heavy atom. The largest absolute Gasteiger partial charge is 0.354 e. The molecule has 0 radical (unpaired) electrons. The van der Waals surface area contributed by atoms with Gasteiger partial charge in [0.1, 0.15) is 0 Å². The summed E-state index contributed by atoms with van der Waals surface area (Å²) >= 11 is 0. The van der Waals surface area contributed by atoms with E-state index in [1.165, 1.54) is 25.0 Å². The molecule has 0 saturated heterocycles. The number of fused-ring (bicyclic) bond motifs is 1. The highest BCUT2D eigenvalue weighted by molar-refractivity contribution is 5.62. The predicted octanol–water partition coefficient (Wildman–Crippen LogP) is 3.95. The second-order valence-electron chi connectivity index (χ2n) is 6.76. The molecule has 1 aliphatic carbocycles. The molecule has 0 saturated carbocycles. The van der Waals surface area contributed by atoms with E-state index in [1.807, 2.05) is 6.07 Å². The Bertz CT molecular complexity index is 486. The second-order valence-corrected chi connectivity index (χ2v) is 6.76. The van der Waals surface area contributed by atoms with Crippen LogP contribution in [-0.2, 0) is 12.8 Å². The Kier molecular flexibility index (Phi) is 3.38. The average Bonchev–Trinajstić information content (AvgIpc) is 2.49. The van der Waals surface area contributed by atoms with E-state index in [0.29, 0.717) is 0 Å². The van der Waals surface area contributed by atoms with E-state index in [0.717, 1.165) is 24.1 Å². The lowest BCUT2D eigenvalue weighted by Gasteiger charge is -2.26. The van der Waals surface area contributed by atoms with Crippen LogP contribution in [0.5, 0.6) is 0 Å². The third-order valence-electron chi connectivity index (χ3n) is 4.05. The Morgan fingerprint density at radius 3 is 2.58 bits per heavy atom. The molecule has 3 heteroatoms. The number of alkyl halides is 1. The van der Waals surface area contributed by atoms with Crippen LogP contribution in [0, 0.1) is 5.41 Å². The van der Waals surface area contributed by atoms with Gasteiger partial charge in [0.05, 0.1) is 0 Å². The SMILES string of the molecule is CCc1ccc(NC(C)(C)F)c2c1CC(C)(C)C2N. The summed E-state index contributed by atoms with van der Waals surface area (Å²) in [6.45, 7) is 9.57. The van der Waals surface area contributed by atoms with Gasteiger partial charge >= 0.3 is 0 Å². The molecule has 3 N–H and O–H groups in total. The molecule has 0 spiro atoms. The van der Waals surface area contributed by atoms with E-state index in [4.69, 9.17) is 5.73 Å². The van der Waals surface area contributed by atoms with Gasteiger partial charge in [-0.1, -0.05) is 26.8 Å². The fraction of sp³-hybridized carbons (Fsp3) is 0.625. The van der Waals surface area contributed by atoms with Crippen molar-refractivity contribution < 1.29 is 4.39 Å². The monoisotopic (exact) mass is 264 g/mol. The first-order valence-electron chi connectivity index (χ1n) is 7.03. The lowest BCUT2D eigenvalue weighted by Crippen LogP contribution is -2.28. The molecular weight excluding hydrogens is 239 g/mol. The maximum absolute atomic E-state index is 13.9. The molecule has 1 aliphatic rings. The van der Waals surface area contributed by atoms with E-state index in [-0.39, 0.29) is 11.5 Å². The van der Waals surface area contributed by atoms with Crippen molar-refractivity contribution in [2.24, 2.45) is 11.1 Å². The predicted molar refractivity (Wildman–Crippen MR) is 79.0 cm³/mol. The van der Waals surface area contributed by atoms with Crippen molar-refractivity contribution in [2.75, 3.05) is 5.32 Å². The van der Waals surface area contributed by atoms with Gasteiger partial charge in [-0.15, -0.1) is 0 Å². The van der Waals surface area contributed by atoms with Crippen molar-refractivity contribution in [3.8, 4) is 0 Å². The number of nitrogens with one attached hydrogen (secondary N) is 1. The molecule has 0 aliphatic heterocycles. The molecule has 1 aromatic carbocycles. The molecule has 0 amide bonds. The van der Waals surface area contributed by atoms with Gasteiger partial charge in [-0.2, -0.15) is 0 Å². The number of halogens is 1. The van der Waals surface area contributed by atoms with Crippen molar-refractivity contribution in [3.05, 3.63) is 28.8 Å². The number of hydrogen-bond donors (Lipinski definition) is 2. The molecule has 1 unspecified atom stereocenters. The molecule has 106 valence electrons. The first kappa shape index (κ1) is 14.3. The maximum Gasteiger partial charge on any atom is 0.174 e. The first-order valence-corrected chi connectivity index (χ1v) is 7.03. The molecule has 1 atom stereocenters. The molecule has 2 rings (SSSR count). The molecular formula is C16H25FN2. The van der Waals surface area contributed by atoms with Gasteiger partial charge in [0.25, 0.3) is 0 Å². The van der Waals surface area contributed by atoms with Crippen molar-refractivity contribution in [1.82, 2.24) is 0 Å². The van der Waals surface area contributed by atoms with Crippen molar-refractivity contribution in [3.63, 3.8) is 0 Å². The van der Waals surface area contributed by atoms with Gasteiger partial charge < -0.3 is 11.1 Å². The molecule has 0 bridgehead atoms. The van der Waals surface area contributed by atoms with Crippen molar-refractivity contribution >= 4 is 5.69 Å². The summed E-state index contributed by atoms with van der Waals surface area (Å²) < 4.78 is 13.9. The Balaban J connectivity index is 2.54. The van der Waals surface area contributed by atoms with Crippen molar-refractivity contribution in [1.29, 1.82) is 0 Å². The normalized spacial score (nSPS) is 21.3. The highest BCUT2D eigenvalue weighted by atomic mass is 19.1. The summed E-state index contributed by atoms with van der Waals surface area (Å²) in [5, 5.41) is 2.95. The molecule has 0 fully saturated rings. The molecule has 19 heavy (non-hydrogen) atoms. The van der Waals surface area contributed by atoms with Gasteiger partial charge in [-0.3, -0.25) is 0 Å². The Labute approximate surface area is 115 Å². The zero-order valence-corrected chi connectivity index (χ0v) is 12.6. The Morgan fingerprint density at radius 1 is 1.42 bits per heavy atom. The first-order chi connectivity index (χ1) is 8.65. The number of hydrogen-bond acceptors (Lipinski definition) is 2. The lowest BCUT2D eigenvalue weighted by molar-refractivity contribution is 0.257. The summed E-state index contributed by atoms with van der Waals surface area (Å²) in [5.41, 5.74) is 11.0. The van der Waals surface area contributed by atoms with E-state index < -0.39 is 5.79 Å². The minimum Gasteiger partial charge on any atom is -0.354 e. The highest BCUT2D eigenvalue weighted by Crippen LogP contribution is 2.48. The minimum atomic E-state index is -1.44. The smallest absolute Gasteiger partial charge is 0.174 e. The van der Waals surface area contributed by atoms with Gasteiger partial charge in [0.15, 0.2) is 5.79 Å². The summed E-state index contributed by atoms with van der Waals surface area (Å²) in [5.74, 6) is -1.44. The van der Waals surface area contributed by atoms with E-state index >= 15 is 0 Å². The number of rotatable bonds is 3. The van der Waals surface area contributed by atoms with Crippen LogP contribution in [0.3, 0.4) is 0 Å². The quantitative estimate of drug-likeness (QED) is 0.811. The van der Waals surface area contributed by atoms with Crippen LogP contribution in [0.25, 0.3) is 0 Å². The second kappa shape index (κ2) is 4.48. The van der Waals surface area contributed by atoms with E-state index in [1.54, 1.807) is 0 Å². The third kappa shape index (κ3) is 2.62. The van der Waals surface area contributed by atoms with Gasteiger partial charge in [-0.25, -0.2) is 4.39 Å². The number of aryl methyl sites for hydroxylation is 1. The topological polar surface area (TPSA) is 38.0 Å². The van der Waals surface area contributed by atoms with Crippen molar-refractivity contribution in [2.45, 2.75) is 59.3 Å². The third-order valence-corrected chi connectivity index (χ3v) is 4.05. The van der Waals surface area contributed by atoms with E-state index in [2.05, 4.69) is 32.2 Å². The van der Waals surface area contributed by atoms with Crippen LogP contribution in [-0.4, -0.2) is 5.79 Å². The number of benzene rings is 1. The van der Waals surface area contributed by atoms with Crippen LogP contribution in [0.4, 0.5) is 10.1 Å². The molecule has 2 nitrogen and oxygen atoms in total. The molecule has 1 aromatic rings. The maximum atomic E-state index is 13.9. The lowest BCUT2D eigenvalue weighted by atomic mass is 9.86. The average molecular weight is 264 g/mol. The van der Waals surface area contributed by atoms with Crippen LogP contribution in [0.2, 0.25) is 0 Å². The standard InChI is InChI=1S/C16H25FN2/c1-6-10-7-8-12(19-16(4,5)17)13-11(10)9-15(2,3)14(13)18/h7-8,14,19H,6,9,18H2,1-5H3. The fourth-order valence-corrected chi connectivity index (χ4v) is 2.99. The summed E-state index contributed by atoms with van der Waals surface area (Å²) in [6, 6.07) is 4.03. The molecule has 0 heterocycles. The van der Waals surface area contributed by atoms with Gasteiger partial charge in [0.2, 0.25) is 0 Å². The zero-order chi connectivity index (χ0) is 14.4.